The van der Waals surface area contributed by atoms with E-state index in [2.05, 4.69) is 4.98 Å². The lowest BCUT2D eigenvalue weighted by molar-refractivity contribution is -0.130. The summed E-state index contributed by atoms with van der Waals surface area (Å²) in [5.41, 5.74) is 1.10. The van der Waals surface area contributed by atoms with Crippen LogP contribution in [-0.2, 0) is 4.79 Å². The molecule has 4 heteroatoms. The van der Waals surface area contributed by atoms with Gasteiger partial charge in [0.1, 0.15) is 6.61 Å². The van der Waals surface area contributed by atoms with Gasteiger partial charge in [-0.2, -0.15) is 0 Å². The molecule has 1 aliphatic heterocycles. The van der Waals surface area contributed by atoms with Crippen molar-refractivity contribution in [1.82, 2.24) is 9.88 Å². The summed E-state index contributed by atoms with van der Waals surface area (Å²) in [7, 11) is 1.83. The summed E-state index contributed by atoms with van der Waals surface area (Å²) >= 11 is 0. The van der Waals surface area contributed by atoms with Crippen LogP contribution in [0.15, 0.2) is 18.3 Å². The fraction of sp³-hybridized carbons (Fsp3) is 0.500. The number of pyridine rings is 1. The van der Waals surface area contributed by atoms with Crippen LogP contribution in [0.25, 0.3) is 0 Å². The lowest BCUT2D eigenvalue weighted by atomic mass is 10.1. The average Bonchev–Trinajstić information content (AvgIpc) is 2.60. The van der Waals surface area contributed by atoms with Crippen LogP contribution in [0.4, 0.5) is 0 Å². The van der Waals surface area contributed by atoms with Crippen LogP contribution in [0.2, 0.25) is 0 Å². The highest BCUT2D eigenvalue weighted by Crippen LogP contribution is 2.17. The fourth-order valence-electron chi connectivity index (χ4n) is 1.78. The van der Waals surface area contributed by atoms with E-state index in [1.54, 1.807) is 11.1 Å². The van der Waals surface area contributed by atoms with Crippen molar-refractivity contribution in [3.63, 3.8) is 0 Å². The smallest absolute Gasteiger partial charge is 0.228 e. The van der Waals surface area contributed by atoms with Gasteiger partial charge in [0, 0.05) is 25.9 Å². The first-order valence-electron chi connectivity index (χ1n) is 5.47. The number of nitrogens with zero attached hydrogens (tertiary/aromatic N) is 2. The van der Waals surface area contributed by atoms with Gasteiger partial charge in [-0.3, -0.25) is 4.79 Å². The molecule has 2 heterocycles. The van der Waals surface area contributed by atoms with Gasteiger partial charge in [-0.25, -0.2) is 4.98 Å². The number of carbonyl (C=O) groups is 1. The maximum absolute atomic E-state index is 11.6. The summed E-state index contributed by atoms with van der Waals surface area (Å²) in [6.07, 6.45) is 2.64. The van der Waals surface area contributed by atoms with Gasteiger partial charge in [-0.1, -0.05) is 6.07 Å². The van der Waals surface area contributed by atoms with Crippen LogP contribution in [0.3, 0.4) is 0 Å². The van der Waals surface area contributed by atoms with Crippen molar-refractivity contribution < 1.29 is 9.53 Å². The van der Waals surface area contributed by atoms with E-state index in [1.165, 1.54) is 0 Å². The molecule has 1 amide bonds. The predicted molar refractivity (Wildman–Crippen MR) is 60.2 cm³/mol. The monoisotopic (exact) mass is 220 g/mol. The standard InChI is InChI=1S/C12H16N2O2/c1-9-3-4-11(13-7-9)16-8-10-5-6-14(2)12(10)15/h3-4,7,10H,5-6,8H2,1-2H3. The molecule has 0 spiro atoms. The Hall–Kier alpha value is -1.58. The Morgan fingerprint density at radius 2 is 2.38 bits per heavy atom. The number of carbonyl (C=O) groups excluding carboxylic acids is 1. The summed E-state index contributed by atoms with van der Waals surface area (Å²) < 4.78 is 5.51. The first kappa shape index (κ1) is 10.9. The van der Waals surface area contributed by atoms with E-state index in [4.69, 9.17) is 4.74 Å². The number of hydrogen-bond donors (Lipinski definition) is 0. The summed E-state index contributed by atoms with van der Waals surface area (Å²) in [4.78, 5) is 17.5. The first-order chi connectivity index (χ1) is 7.66. The van der Waals surface area contributed by atoms with Gasteiger partial charge < -0.3 is 9.64 Å². The highest BCUT2D eigenvalue weighted by molar-refractivity contribution is 5.80. The summed E-state index contributed by atoms with van der Waals surface area (Å²) in [5.74, 6) is 0.758. The molecule has 1 unspecified atom stereocenters. The number of rotatable bonds is 3. The summed E-state index contributed by atoms with van der Waals surface area (Å²) in [6, 6.07) is 3.78. The second-order valence-electron chi connectivity index (χ2n) is 4.23. The van der Waals surface area contributed by atoms with Gasteiger partial charge in [-0.05, 0) is 18.9 Å². The Morgan fingerprint density at radius 3 is 2.94 bits per heavy atom. The lowest BCUT2D eigenvalue weighted by Gasteiger charge is -2.11. The third kappa shape index (κ3) is 2.32. The minimum Gasteiger partial charge on any atom is -0.477 e. The molecule has 0 N–H and O–H groups in total. The van der Waals surface area contributed by atoms with Crippen molar-refractivity contribution >= 4 is 5.91 Å². The quantitative estimate of drug-likeness (QED) is 0.769. The Morgan fingerprint density at radius 1 is 1.56 bits per heavy atom. The van der Waals surface area contributed by atoms with Crippen LogP contribution >= 0.6 is 0 Å². The third-order valence-corrected chi connectivity index (χ3v) is 2.86. The Kier molecular flexibility index (Phi) is 3.08. The van der Waals surface area contributed by atoms with Crippen molar-refractivity contribution in [3.05, 3.63) is 23.9 Å². The minimum absolute atomic E-state index is 0.00639. The minimum atomic E-state index is -0.00639. The molecule has 86 valence electrons. The summed E-state index contributed by atoms with van der Waals surface area (Å²) in [6.45, 7) is 3.24. The highest BCUT2D eigenvalue weighted by Gasteiger charge is 2.29. The van der Waals surface area contributed by atoms with Crippen LogP contribution in [0, 0.1) is 12.8 Å². The van der Waals surface area contributed by atoms with Gasteiger partial charge in [0.05, 0.1) is 5.92 Å². The van der Waals surface area contributed by atoms with Gasteiger partial charge >= 0.3 is 0 Å². The van der Waals surface area contributed by atoms with Crippen molar-refractivity contribution in [3.8, 4) is 5.88 Å². The van der Waals surface area contributed by atoms with Crippen LogP contribution in [-0.4, -0.2) is 36.0 Å². The molecule has 4 nitrogen and oxygen atoms in total. The van der Waals surface area contributed by atoms with Crippen LogP contribution < -0.4 is 4.74 Å². The summed E-state index contributed by atoms with van der Waals surface area (Å²) in [5, 5.41) is 0. The molecule has 1 fully saturated rings. The number of amides is 1. The van der Waals surface area contributed by atoms with E-state index in [1.807, 2.05) is 26.1 Å². The number of ether oxygens (including phenoxy) is 1. The maximum atomic E-state index is 11.6. The average molecular weight is 220 g/mol. The van der Waals surface area contributed by atoms with Gasteiger partial charge in [-0.15, -0.1) is 0 Å². The van der Waals surface area contributed by atoms with Gasteiger partial charge in [0.25, 0.3) is 0 Å². The maximum Gasteiger partial charge on any atom is 0.228 e. The topological polar surface area (TPSA) is 42.4 Å². The van der Waals surface area contributed by atoms with Crippen molar-refractivity contribution in [2.45, 2.75) is 13.3 Å². The zero-order valence-electron chi connectivity index (χ0n) is 9.64. The first-order valence-corrected chi connectivity index (χ1v) is 5.47. The van der Waals surface area contributed by atoms with E-state index >= 15 is 0 Å². The van der Waals surface area contributed by atoms with E-state index in [-0.39, 0.29) is 11.8 Å². The molecule has 0 aromatic carbocycles. The van der Waals surface area contributed by atoms with E-state index in [0.717, 1.165) is 18.5 Å². The number of hydrogen-bond acceptors (Lipinski definition) is 3. The highest BCUT2D eigenvalue weighted by atomic mass is 16.5. The van der Waals surface area contributed by atoms with Crippen LogP contribution in [0.1, 0.15) is 12.0 Å². The fourth-order valence-corrected chi connectivity index (χ4v) is 1.78. The molecular formula is C12H16N2O2. The van der Waals surface area contributed by atoms with E-state index in [9.17, 15) is 4.79 Å². The number of aryl methyl sites for hydroxylation is 1. The number of aromatic nitrogens is 1. The molecule has 1 aliphatic rings. The SMILES string of the molecule is Cc1ccc(OCC2CCN(C)C2=O)nc1. The molecule has 0 aliphatic carbocycles. The van der Waals surface area contributed by atoms with Crippen molar-refractivity contribution in [2.24, 2.45) is 5.92 Å². The van der Waals surface area contributed by atoms with E-state index in [0.29, 0.717) is 12.5 Å². The van der Waals surface area contributed by atoms with Gasteiger partial charge in [0.2, 0.25) is 11.8 Å². The Labute approximate surface area is 95.2 Å². The zero-order valence-corrected chi connectivity index (χ0v) is 9.64. The molecule has 1 aromatic heterocycles. The second kappa shape index (κ2) is 4.51. The van der Waals surface area contributed by atoms with Crippen LogP contribution in [0.5, 0.6) is 5.88 Å². The molecule has 16 heavy (non-hydrogen) atoms. The van der Waals surface area contributed by atoms with Crippen molar-refractivity contribution in [2.75, 3.05) is 20.2 Å². The van der Waals surface area contributed by atoms with E-state index < -0.39 is 0 Å². The largest absolute Gasteiger partial charge is 0.477 e. The normalized spacial score (nSPS) is 20.2. The molecule has 0 bridgehead atoms. The molecule has 1 atom stereocenters. The molecule has 2 rings (SSSR count). The molecule has 0 radical (unpaired) electrons. The zero-order chi connectivity index (χ0) is 11.5. The molecule has 0 saturated carbocycles. The molecule has 1 saturated heterocycles. The number of likely N-dealkylation sites (tertiary alicyclic amines) is 1. The third-order valence-electron chi connectivity index (χ3n) is 2.86. The molecular weight excluding hydrogens is 204 g/mol. The Bertz CT molecular complexity index is 375. The molecule has 1 aromatic rings. The van der Waals surface area contributed by atoms with Gasteiger partial charge in [0.15, 0.2) is 0 Å². The lowest BCUT2D eigenvalue weighted by Crippen LogP contribution is -2.25. The Balaban J connectivity index is 1.88. The second-order valence-corrected chi connectivity index (χ2v) is 4.23. The van der Waals surface area contributed by atoms with Crippen molar-refractivity contribution in [1.29, 1.82) is 0 Å². The predicted octanol–water partition coefficient (Wildman–Crippen LogP) is 1.25.